The van der Waals surface area contributed by atoms with Gasteiger partial charge in [0.15, 0.2) is 6.10 Å². The summed E-state index contributed by atoms with van der Waals surface area (Å²) in [5.41, 5.74) is 0.678. The first-order chi connectivity index (χ1) is 13.9. The highest BCUT2D eigenvalue weighted by Gasteiger charge is 2.32. The van der Waals surface area contributed by atoms with Gasteiger partial charge >= 0.3 is 12.0 Å². The number of carbonyl (C=O) groups is 4. The van der Waals surface area contributed by atoms with Gasteiger partial charge in [0.25, 0.3) is 11.8 Å². The molecule has 0 spiro atoms. The lowest BCUT2D eigenvalue weighted by Crippen LogP contribution is -2.41. The number of hydrogen-bond donors (Lipinski definition) is 2. The largest absolute Gasteiger partial charge is 0.449 e. The summed E-state index contributed by atoms with van der Waals surface area (Å²) < 4.78 is 5.22. The Balaban J connectivity index is 1.71. The van der Waals surface area contributed by atoms with Gasteiger partial charge in [0, 0.05) is 23.7 Å². The van der Waals surface area contributed by atoms with Crippen molar-refractivity contribution in [2.24, 2.45) is 0 Å². The van der Waals surface area contributed by atoms with E-state index in [1.54, 1.807) is 42.5 Å². The molecule has 2 N–H and O–H groups in total. The Hall–Kier alpha value is -3.39. The summed E-state index contributed by atoms with van der Waals surface area (Å²) in [7, 11) is 0. The molecule has 8 nitrogen and oxygen atoms in total. The van der Waals surface area contributed by atoms with Crippen LogP contribution in [0.5, 0.6) is 0 Å². The van der Waals surface area contributed by atoms with Crippen LogP contribution in [0.4, 0.5) is 10.5 Å². The molecule has 3 rings (SSSR count). The van der Waals surface area contributed by atoms with E-state index in [0.29, 0.717) is 17.1 Å². The van der Waals surface area contributed by atoms with Crippen molar-refractivity contribution in [2.75, 3.05) is 18.4 Å². The SMILES string of the molecule is C[C@H](OC(=O)c1ccccc1NC(=O)c1ccc(Cl)cc1)C(=O)N1CCNC1=O. The summed E-state index contributed by atoms with van der Waals surface area (Å²) >= 11 is 5.82. The summed E-state index contributed by atoms with van der Waals surface area (Å²) in [6.45, 7) is 1.96. The van der Waals surface area contributed by atoms with Crippen molar-refractivity contribution in [1.82, 2.24) is 10.2 Å². The van der Waals surface area contributed by atoms with E-state index in [0.717, 1.165) is 4.90 Å². The Morgan fingerprint density at radius 2 is 1.83 bits per heavy atom. The van der Waals surface area contributed by atoms with Crippen LogP contribution in [0.2, 0.25) is 5.02 Å². The quantitative estimate of drug-likeness (QED) is 0.730. The van der Waals surface area contributed by atoms with Crippen LogP contribution in [0, 0.1) is 0 Å². The minimum atomic E-state index is -1.16. The zero-order valence-electron chi connectivity index (χ0n) is 15.5. The zero-order chi connectivity index (χ0) is 21.0. The predicted octanol–water partition coefficient (Wildman–Crippen LogP) is 2.69. The van der Waals surface area contributed by atoms with Gasteiger partial charge in [-0.05, 0) is 43.3 Å². The number of hydrogen-bond acceptors (Lipinski definition) is 5. The van der Waals surface area contributed by atoms with Crippen LogP contribution in [0.25, 0.3) is 0 Å². The summed E-state index contributed by atoms with van der Waals surface area (Å²) in [5, 5.41) is 5.66. The smallest absolute Gasteiger partial charge is 0.341 e. The fourth-order valence-corrected chi connectivity index (χ4v) is 2.87. The Labute approximate surface area is 171 Å². The highest BCUT2D eigenvalue weighted by Crippen LogP contribution is 2.19. The molecule has 0 aromatic heterocycles. The standard InChI is InChI=1S/C20H18ClN3O5/c1-12(18(26)24-11-10-22-20(24)28)29-19(27)15-4-2-3-5-16(15)23-17(25)13-6-8-14(21)9-7-13/h2-9,12H,10-11H2,1H3,(H,22,28)(H,23,25)/t12-/m0/s1. The normalized spacial score (nSPS) is 14.1. The molecule has 0 bridgehead atoms. The lowest BCUT2D eigenvalue weighted by molar-refractivity contribution is -0.136. The van der Waals surface area contributed by atoms with Gasteiger partial charge in [0.1, 0.15) is 0 Å². The number of imide groups is 1. The summed E-state index contributed by atoms with van der Waals surface area (Å²) in [4.78, 5) is 49.9. The number of halogens is 1. The molecule has 2 aromatic rings. The van der Waals surface area contributed by atoms with Crippen molar-refractivity contribution in [3.8, 4) is 0 Å². The average Bonchev–Trinajstić information content (AvgIpc) is 3.14. The van der Waals surface area contributed by atoms with Gasteiger partial charge in [-0.25, -0.2) is 9.59 Å². The van der Waals surface area contributed by atoms with Gasteiger partial charge in [-0.1, -0.05) is 23.7 Å². The number of nitrogens with zero attached hydrogens (tertiary/aromatic N) is 1. The van der Waals surface area contributed by atoms with E-state index < -0.39 is 29.9 Å². The molecule has 2 aromatic carbocycles. The maximum atomic E-state index is 12.6. The second-order valence-corrected chi connectivity index (χ2v) is 6.71. The average molecular weight is 416 g/mol. The van der Waals surface area contributed by atoms with E-state index in [2.05, 4.69) is 10.6 Å². The highest BCUT2D eigenvalue weighted by molar-refractivity contribution is 6.30. The lowest BCUT2D eigenvalue weighted by atomic mass is 10.1. The topological polar surface area (TPSA) is 105 Å². The van der Waals surface area contributed by atoms with E-state index in [1.165, 1.54) is 13.0 Å². The summed E-state index contributed by atoms with van der Waals surface area (Å²) in [6, 6.07) is 12.0. The first-order valence-corrected chi connectivity index (χ1v) is 9.21. The molecule has 1 atom stereocenters. The third-order valence-electron chi connectivity index (χ3n) is 4.26. The molecule has 29 heavy (non-hydrogen) atoms. The number of benzene rings is 2. The third kappa shape index (κ3) is 4.72. The number of rotatable bonds is 5. The molecule has 1 heterocycles. The van der Waals surface area contributed by atoms with E-state index in [-0.39, 0.29) is 17.8 Å². The minimum Gasteiger partial charge on any atom is -0.449 e. The van der Waals surface area contributed by atoms with Gasteiger partial charge in [0.05, 0.1) is 11.3 Å². The number of para-hydroxylation sites is 1. The van der Waals surface area contributed by atoms with Crippen LogP contribution in [0.3, 0.4) is 0 Å². The number of ether oxygens (including phenoxy) is 1. The maximum Gasteiger partial charge on any atom is 0.341 e. The number of amides is 4. The first-order valence-electron chi connectivity index (χ1n) is 8.83. The molecule has 0 saturated carbocycles. The van der Waals surface area contributed by atoms with Crippen LogP contribution in [-0.4, -0.2) is 47.9 Å². The van der Waals surface area contributed by atoms with Gasteiger partial charge in [-0.3, -0.25) is 14.5 Å². The maximum absolute atomic E-state index is 12.6. The number of nitrogens with one attached hydrogen (secondary N) is 2. The van der Waals surface area contributed by atoms with Crippen molar-refractivity contribution >= 4 is 41.1 Å². The van der Waals surface area contributed by atoms with Crippen LogP contribution >= 0.6 is 11.6 Å². The molecule has 1 aliphatic heterocycles. The summed E-state index contributed by atoms with van der Waals surface area (Å²) in [5.74, 6) is -1.84. The Kier molecular flexibility index (Phi) is 6.13. The number of anilines is 1. The van der Waals surface area contributed by atoms with Crippen molar-refractivity contribution in [2.45, 2.75) is 13.0 Å². The number of esters is 1. The van der Waals surface area contributed by atoms with Crippen LogP contribution in [0.1, 0.15) is 27.6 Å². The molecule has 1 fully saturated rings. The lowest BCUT2D eigenvalue weighted by Gasteiger charge is -2.19. The van der Waals surface area contributed by atoms with E-state index >= 15 is 0 Å². The molecule has 0 unspecified atom stereocenters. The van der Waals surface area contributed by atoms with Crippen LogP contribution < -0.4 is 10.6 Å². The molecular weight excluding hydrogens is 398 g/mol. The molecule has 0 aliphatic carbocycles. The van der Waals surface area contributed by atoms with E-state index in [4.69, 9.17) is 16.3 Å². The Morgan fingerprint density at radius 3 is 2.48 bits per heavy atom. The van der Waals surface area contributed by atoms with E-state index in [9.17, 15) is 19.2 Å². The van der Waals surface area contributed by atoms with Crippen LogP contribution in [0.15, 0.2) is 48.5 Å². The number of urea groups is 1. The second kappa shape index (κ2) is 8.74. The number of carbonyl (C=O) groups excluding carboxylic acids is 4. The van der Waals surface area contributed by atoms with Crippen molar-refractivity contribution in [3.63, 3.8) is 0 Å². The van der Waals surface area contributed by atoms with Crippen LogP contribution in [-0.2, 0) is 9.53 Å². The fourth-order valence-electron chi connectivity index (χ4n) is 2.74. The van der Waals surface area contributed by atoms with Gasteiger partial charge in [-0.2, -0.15) is 0 Å². The van der Waals surface area contributed by atoms with Crippen molar-refractivity contribution in [1.29, 1.82) is 0 Å². The molecule has 1 saturated heterocycles. The van der Waals surface area contributed by atoms with Gasteiger partial charge < -0.3 is 15.4 Å². The monoisotopic (exact) mass is 415 g/mol. The van der Waals surface area contributed by atoms with Gasteiger partial charge in [-0.15, -0.1) is 0 Å². The molecule has 4 amide bonds. The second-order valence-electron chi connectivity index (χ2n) is 6.28. The first kappa shape index (κ1) is 20.3. The molecule has 1 aliphatic rings. The van der Waals surface area contributed by atoms with Gasteiger partial charge in [0.2, 0.25) is 0 Å². The van der Waals surface area contributed by atoms with Crippen molar-refractivity contribution in [3.05, 3.63) is 64.7 Å². The van der Waals surface area contributed by atoms with E-state index in [1.807, 2.05) is 0 Å². The molecule has 0 radical (unpaired) electrons. The molecule has 9 heteroatoms. The predicted molar refractivity (Wildman–Crippen MR) is 106 cm³/mol. The molecule has 150 valence electrons. The Morgan fingerprint density at radius 1 is 1.14 bits per heavy atom. The zero-order valence-corrected chi connectivity index (χ0v) is 16.2. The highest BCUT2D eigenvalue weighted by atomic mass is 35.5. The Bertz CT molecular complexity index is 961. The third-order valence-corrected chi connectivity index (χ3v) is 4.51. The minimum absolute atomic E-state index is 0.0836. The summed E-state index contributed by atoms with van der Waals surface area (Å²) in [6.07, 6.45) is -1.16. The molecular formula is C20H18ClN3O5. The fraction of sp³-hybridized carbons (Fsp3) is 0.200. The van der Waals surface area contributed by atoms with Crippen molar-refractivity contribution < 1.29 is 23.9 Å².